The van der Waals surface area contributed by atoms with Gasteiger partial charge in [0.25, 0.3) is 0 Å². The Morgan fingerprint density at radius 2 is 1.92 bits per heavy atom. The molecule has 0 N–H and O–H groups in total. The molecule has 0 atom stereocenters. The van der Waals surface area contributed by atoms with Crippen LogP contribution in [0.5, 0.6) is 0 Å². The van der Waals surface area contributed by atoms with Gasteiger partial charge in [-0.05, 0) is 24.5 Å². The number of sulfone groups is 1. The lowest BCUT2D eigenvalue weighted by Gasteiger charge is -2.10. The Kier molecular flexibility index (Phi) is 4.69. The average Bonchev–Trinajstić information content (AvgIpc) is 3.04. The van der Waals surface area contributed by atoms with Crippen molar-refractivity contribution in [3.63, 3.8) is 0 Å². The minimum absolute atomic E-state index is 0.00906. The molecule has 0 aromatic carbocycles. The molecule has 0 spiro atoms. The number of hydrogen-bond donors (Lipinski definition) is 0. The molecule has 3 aromatic heterocycles. The molecule has 0 saturated heterocycles. The van der Waals surface area contributed by atoms with Gasteiger partial charge in [-0.3, -0.25) is 0 Å². The van der Waals surface area contributed by atoms with Gasteiger partial charge in [0.1, 0.15) is 5.69 Å². The molecule has 11 heteroatoms. The van der Waals surface area contributed by atoms with Crippen LogP contribution in [0.3, 0.4) is 0 Å². The highest BCUT2D eigenvalue weighted by Crippen LogP contribution is 2.30. The molecule has 138 valence electrons. The Morgan fingerprint density at radius 3 is 2.54 bits per heavy atom. The van der Waals surface area contributed by atoms with Crippen molar-refractivity contribution in [1.29, 1.82) is 0 Å². The minimum atomic E-state index is -4.60. The van der Waals surface area contributed by atoms with Crippen molar-refractivity contribution >= 4 is 27.2 Å². The average molecular weight is 402 g/mol. The first-order valence-corrected chi connectivity index (χ1v) is 10.2. The zero-order valence-electron chi connectivity index (χ0n) is 13.6. The van der Waals surface area contributed by atoms with E-state index in [2.05, 4.69) is 15.1 Å². The summed E-state index contributed by atoms with van der Waals surface area (Å²) in [4.78, 5) is 8.43. The Hall–Kier alpha value is -2.14. The van der Waals surface area contributed by atoms with E-state index < -0.39 is 21.7 Å². The summed E-state index contributed by atoms with van der Waals surface area (Å²) in [7, 11) is -3.59. The summed E-state index contributed by atoms with van der Waals surface area (Å²) in [5.41, 5.74) is -0.856. The molecule has 6 nitrogen and oxygen atoms in total. The molecule has 26 heavy (non-hydrogen) atoms. The maximum absolute atomic E-state index is 12.8. The van der Waals surface area contributed by atoms with Crippen LogP contribution in [0.25, 0.3) is 17.0 Å². The summed E-state index contributed by atoms with van der Waals surface area (Å²) >= 11 is 1.32. The van der Waals surface area contributed by atoms with Gasteiger partial charge in [0.2, 0.25) is 0 Å². The van der Waals surface area contributed by atoms with E-state index in [-0.39, 0.29) is 27.7 Å². The molecule has 0 aliphatic carbocycles. The van der Waals surface area contributed by atoms with Gasteiger partial charge in [-0.25, -0.2) is 22.9 Å². The molecule has 0 radical (unpaired) electrons. The van der Waals surface area contributed by atoms with Gasteiger partial charge >= 0.3 is 6.18 Å². The molecule has 0 saturated carbocycles. The topological polar surface area (TPSA) is 77.2 Å². The molecule has 3 aromatic rings. The normalized spacial score (nSPS) is 12.7. The lowest BCUT2D eigenvalue weighted by molar-refractivity contribution is -0.141. The third-order valence-electron chi connectivity index (χ3n) is 3.61. The first-order valence-electron chi connectivity index (χ1n) is 7.37. The summed E-state index contributed by atoms with van der Waals surface area (Å²) in [6.45, 7) is 1.50. The van der Waals surface area contributed by atoms with E-state index >= 15 is 0 Å². The van der Waals surface area contributed by atoms with Gasteiger partial charge < -0.3 is 0 Å². The Labute approximate surface area is 151 Å². The zero-order chi connectivity index (χ0) is 19.1. The van der Waals surface area contributed by atoms with Crippen molar-refractivity contribution in [1.82, 2.24) is 19.6 Å². The quantitative estimate of drug-likeness (QED) is 0.623. The molecular formula is C15H13F3N4O2S2. The van der Waals surface area contributed by atoms with Crippen LogP contribution in [-0.2, 0) is 16.0 Å². The highest BCUT2D eigenvalue weighted by molar-refractivity contribution is 7.98. The summed E-state index contributed by atoms with van der Waals surface area (Å²) in [5, 5.41) is 4.00. The van der Waals surface area contributed by atoms with E-state index in [1.165, 1.54) is 37.0 Å². The van der Waals surface area contributed by atoms with Crippen LogP contribution in [0.2, 0.25) is 0 Å². The van der Waals surface area contributed by atoms with Crippen LogP contribution in [0.1, 0.15) is 12.6 Å². The van der Waals surface area contributed by atoms with E-state index in [1.54, 1.807) is 12.3 Å². The molecular weight excluding hydrogens is 389 g/mol. The highest BCUT2D eigenvalue weighted by atomic mass is 32.2. The fraction of sp³-hybridized carbons (Fsp3) is 0.267. The third-order valence-corrected chi connectivity index (χ3v) is 6.02. The van der Waals surface area contributed by atoms with Gasteiger partial charge in [-0.15, -0.1) is 11.8 Å². The third kappa shape index (κ3) is 3.40. The van der Waals surface area contributed by atoms with Crippen molar-refractivity contribution in [2.45, 2.75) is 23.0 Å². The second kappa shape index (κ2) is 6.54. The highest BCUT2D eigenvalue weighted by Gasteiger charge is 2.34. The van der Waals surface area contributed by atoms with E-state index in [0.29, 0.717) is 5.03 Å². The maximum Gasteiger partial charge on any atom is 0.435 e. The van der Waals surface area contributed by atoms with Crippen LogP contribution in [0.15, 0.2) is 40.4 Å². The van der Waals surface area contributed by atoms with Crippen molar-refractivity contribution in [2.24, 2.45) is 0 Å². The maximum atomic E-state index is 12.8. The number of fused-ring (bicyclic) bond motifs is 1. The van der Waals surface area contributed by atoms with E-state index in [0.717, 1.165) is 10.6 Å². The van der Waals surface area contributed by atoms with Crippen LogP contribution in [0, 0.1) is 0 Å². The number of hydrogen-bond acceptors (Lipinski definition) is 6. The van der Waals surface area contributed by atoms with Crippen molar-refractivity contribution < 1.29 is 21.6 Å². The standard InChI is InChI=1S/C15H13F3N4O2S2/c1-3-26(23,24)10-4-5-13(25-2)20-14(10)9-6-7-22-12(19-9)8-11(21-22)15(16,17)18/h4-8H,3H2,1-2H3. The lowest BCUT2D eigenvalue weighted by atomic mass is 10.2. The SMILES string of the molecule is CCS(=O)(=O)c1ccc(SC)nc1-c1ccn2nc(C(F)(F)F)cc2n1. The Balaban J connectivity index is 2.22. The number of aromatic nitrogens is 4. The summed E-state index contributed by atoms with van der Waals surface area (Å²) in [6, 6.07) is 5.21. The number of thioether (sulfide) groups is 1. The van der Waals surface area contributed by atoms with Gasteiger partial charge in [-0.2, -0.15) is 18.3 Å². The van der Waals surface area contributed by atoms with Gasteiger partial charge in [0.05, 0.1) is 21.4 Å². The first-order chi connectivity index (χ1) is 12.2. The van der Waals surface area contributed by atoms with Crippen LogP contribution >= 0.6 is 11.8 Å². The van der Waals surface area contributed by atoms with Crippen LogP contribution < -0.4 is 0 Å². The summed E-state index contributed by atoms with van der Waals surface area (Å²) in [6.07, 6.45) is -1.52. The first kappa shape index (κ1) is 18.6. The van der Waals surface area contributed by atoms with Crippen molar-refractivity contribution in [3.05, 3.63) is 36.2 Å². The number of pyridine rings is 1. The molecule has 0 bridgehead atoms. The predicted molar refractivity (Wildman–Crippen MR) is 90.7 cm³/mol. The summed E-state index contributed by atoms with van der Waals surface area (Å²) < 4.78 is 64.1. The number of nitrogens with zero attached hydrogens (tertiary/aromatic N) is 4. The largest absolute Gasteiger partial charge is 0.435 e. The van der Waals surface area contributed by atoms with E-state index in [9.17, 15) is 21.6 Å². The number of rotatable bonds is 4. The van der Waals surface area contributed by atoms with Gasteiger partial charge in [0, 0.05) is 12.3 Å². The second-order valence-corrected chi connectivity index (χ2v) is 8.32. The monoisotopic (exact) mass is 402 g/mol. The Bertz CT molecular complexity index is 1080. The fourth-order valence-electron chi connectivity index (χ4n) is 2.28. The molecule has 0 amide bonds. The van der Waals surface area contributed by atoms with Crippen LogP contribution in [0.4, 0.5) is 13.2 Å². The molecule has 3 heterocycles. The lowest BCUT2D eigenvalue weighted by Crippen LogP contribution is -2.08. The predicted octanol–water partition coefficient (Wildman–Crippen LogP) is 3.33. The smallest absolute Gasteiger partial charge is 0.238 e. The van der Waals surface area contributed by atoms with Crippen molar-refractivity contribution in [2.75, 3.05) is 12.0 Å². The summed E-state index contributed by atoms with van der Waals surface area (Å²) in [5.74, 6) is -0.132. The number of halogens is 3. The van der Waals surface area contributed by atoms with E-state index in [1.807, 2.05) is 0 Å². The van der Waals surface area contributed by atoms with Gasteiger partial charge in [-0.1, -0.05) is 6.92 Å². The molecule has 0 aliphatic rings. The minimum Gasteiger partial charge on any atom is -0.238 e. The fourth-order valence-corrected chi connectivity index (χ4v) is 3.70. The van der Waals surface area contributed by atoms with Gasteiger partial charge in [0.15, 0.2) is 21.2 Å². The molecule has 0 aliphatic heterocycles. The van der Waals surface area contributed by atoms with E-state index in [4.69, 9.17) is 0 Å². The molecule has 0 fully saturated rings. The van der Waals surface area contributed by atoms with Crippen LogP contribution in [-0.4, -0.2) is 40.0 Å². The second-order valence-electron chi connectivity index (χ2n) is 5.25. The Morgan fingerprint density at radius 1 is 1.19 bits per heavy atom. The van der Waals surface area contributed by atoms with Crippen molar-refractivity contribution in [3.8, 4) is 11.4 Å². The molecule has 3 rings (SSSR count). The molecule has 0 unspecified atom stereocenters. The number of alkyl halides is 3. The zero-order valence-corrected chi connectivity index (χ0v) is 15.3.